The Balaban J connectivity index is 1.97. The molecule has 1 aliphatic carbocycles. The van der Waals surface area contributed by atoms with Crippen molar-refractivity contribution in [3.63, 3.8) is 0 Å². The Kier molecular flexibility index (Phi) is 4.59. The lowest BCUT2D eigenvalue weighted by atomic mass is 9.80. The fraction of sp³-hybridized carbons (Fsp3) is 0.562. The zero-order valence-corrected chi connectivity index (χ0v) is 11.9. The van der Waals surface area contributed by atoms with Crippen LogP contribution in [-0.2, 0) is 6.54 Å². The summed E-state index contributed by atoms with van der Waals surface area (Å²) in [5.74, 6) is 1.19. The lowest BCUT2D eigenvalue weighted by molar-refractivity contribution is 0.0999. The van der Waals surface area contributed by atoms with Gasteiger partial charge in [0.25, 0.3) is 0 Å². The predicted octanol–water partition coefficient (Wildman–Crippen LogP) is 2.70. The molecule has 3 N–H and O–H groups in total. The first-order valence-electron chi connectivity index (χ1n) is 7.19. The van der Waals surface area contributed by atoms with Crippen LogP contribution in [0.5, 0.6) is 0 Å². The van der Waals surface area contributed by atoms with Gasteiger partial charge in [0.05, 0.1) is 0 Å². The Morgan fingerprint density at radius 1 is 1.32 bits per heavy atom. The second-order valence-electron chi connectivity index (χ2n) is 5.90. The molecule has 3 nitrogen and oxygen atoms in total. The molecule has 1 aliphatic rings. The molecule has 1 fully saturated rings. The van der Waals surface area contributed by atoms with Crippen LogP contribution in [-0.4, -0.2) is 11.9 Å². The standard InChI is InChI=1S/C16H24N2O/c1-11-7-8-15(12(2)9-11)18-10-13-5-3-4-6-14(13)16(17)19/h3-6,11-12,15,18H,7-10H2,1-2H3,(H2,17,19). The number of hydrogen-bond donors (Lipinski definition) is 2. The number of hydrogen-bond acceptors (Lipinski definition) is 2. The monoisotopic (exact) mass is 260 g/mol. The third kappa shape index (κ3) is 3.57. The van der Waals surface area contributed by atoms with Crippen molar-refractivity contribution in [1.82, 2.24) is 5.32 Å². The summed E-state index contributed by atoms with van der Waals surface area (Å²) in [6, 6.07) is 8.14. The van der Waals surface area contributed by atoms with E-state index in [9.17, 15) is 4.79 Å². The second kappa shape index (κ2) is 6.20. The molecule has 0 spiro atoms. The van der Waals surface area contributed by atoms with Gasteiger partial charge in [-0.15, -0.1) is 0 Å². The predicted molar refractivity (Wildman–Crippen MR) is 77.8 cm³/mol. The minimum atomic E-state index is -0.345. The molecule has 1 aromatic carbocycles. The maximum absolute atomic E-state index is 11.4. The van der Waals surface area contributed by atoms with Gasteiger partial charge in [-0.25, -0.2) is 0 Å². The van der Waals surface area contributed by atoms with Crippen molar-refractivity contribution < 1.29 is 4.79 Å². The van der Waals surface area contributed by atoms with Gasteiger partial charge in [0.1, 0.15) is 0 Å². The van der Waals surface area contributed by atoms with E-state index in [2.05, 4.69) is 19.2 Å². The lowest BCUT2D eigenvalue weighted by Crippen LogP contribution is -2.38. The van der Waals surface area contributed by atoms with E-state index < -0.39 is 0 Å². The minimum Gasteiger partial charge on any atom is -0.366 e. The Morgan fingerprint density at radius 2 is 2.05 bits per heavy atom. The first-order valence-corrected chi connectivity index (χ1v) is 7.19. The number of primary amides is 1. The van der Waals surface area contributed by atoms with Crippen molar-refractivity contribution >= 4 is 5.91 Å². The summed E-state index contributed by atoms with van der Waals surface area (Å²) >= 11 is 0. The summed E-state index contributed by atoms with van der Waals surface area (Å²) in [5.41, 5.74) is 7.03. The Hall–Kier alpha value is -1.35. The third-order valence-electron chi connectivity index (χ3n) is 4.27. The van der Waals surface area contributed by atoms with Crippen molar-refractivity contribution in [3.8, 4) is 0 Å². The molecule has 3 unspecified atom stereocenters. The summed E-state index contributed by atoms with van der Waals surface area (Å²) in [5, 5.41) is 3.60. The van der Waals surface area contributed by atoms with Crippen LogP contribution >= 0.6 is 0 Å². The van der Waals surface area contributed by atoms with E-state index in [0.29, 0.717) is 17.5 Å². The SMILES string of the molecule is CC1CCC(NCc2ccccc2C(N)=O)C(C)C1. The summed E-state index contributed by atoms with van der Waals surface area (Å²) in [6.07, 6.45) is 3.80. The number of rotatable bonds is 4. The van der Waals surface area contributed by atoms with E-state index in [-0.39, 0.29) is 5.91 Å². The lowest BCUT2D eigenvalue weighted by Gasteiger charge is -2.33. The van der Waals surface area contributed by atoms with E-state index in [1.807, 2.05) is 18.2 Å². The summed E-state index contributed by atoms with van der Waals surface area (Å²) < 4.78 is 0. The Labute approximate surface area is 115 Å². The number of amides is 1. The van der Waals surface area contributed by atoms with Crippen molar-refractivity contribution in [2.75, 3.05) is 0 Å². The highest BCUT2D eigenvalue weighted by Gasteiger charge is 2.24. The zero-order valence-electron chi connectivity index (χ0n) is 11.9. The Bertz CT molecular complexity index is 444. The summed E-state index contributed by atoms with van der Waals surface area (Å²) in [7, 11) is 0. The van der Waals surface area contributed by atoms with Crippen LogP contribution in [0.15, 0.2) is 24.3 Å². The average Bonchev–Trinajstić information content (AvgIpc) is 2.38. The van der Waals surface area contributed by atoms with Crippen LogP contribution in [0.3, 0.4) is 0 Å². The normalized spacial score (nSPS) is 27.2. The third-order valence-corrected chi connectivity index (χ3v) is 4.27. The molecule has 0 bridgehead atoms. The summed E-state index contributed by atoms with van der Waals surface area (Å²) in [6.45, 7) is 5.37. The van der Waals surface area contributed by atoms with Gasteiger partial charge < -0.3 is 11.1 Å². The van der Waals surface area contributed by atoms with Crippen LogP contribution in [0, 0.1) is 11.8 Å². The van der Waals surface area contributed by atoms with E-state index in [0.717, 1.165) is 18.0 Å². The van der Waals surface area contributed by atoms with E-state index >= 15 is 0 Å². The van der Waals surface area contributed by atoms with E-state index in [1.54, 1.807) is 6.07 Å². The largest absolute Gasteiger partial charge is 0.366 e. The van der Waals surface area contributed by atoms with E-state index in [1.165, 1.54) is 19.3 Å². The van der Waals surface area contributed by atoms with Crippen molar-refractivity contribution in [1.29, 1.82) is 0 Å². The van der Waals surface area contributed by atoms with Gasteiger partial charge in [-0.1, -0.05) is 32.0 Å². The van der Waals surface area contributed by atoms with Crippen molar-refractivity contribution in [2.45, 2.75) is 45.7 Å². The molecule has 19 heavy (non-hydrogen) atoms. The van der Waals surface area contributed by atoms with Crippen molar-refractivity contribution in [2.24, 2.45) is 17.6 Å². The molecule has 1 amide bonds. The average molecular weight is 260 g/mol. The zero-order chi connectivity index (χ0) is 13.8. The molecule has 0 aromatic heterocycles. The molecule has 3 atom stereocenters. The number of benzene rings is 1. The fourth-order valence-corrected chi connectivity index (χ4v) is 3.12. The molecular weight excluding hydrogens is 236 g/mol. The second-order valence-corrected chi connectivity index (χ2v) is 5.90. The van der Waals surface area contributed by atoms with Crippen LogP contribution in [0.4, 0.5) is 0 Å². The Morgan fingerprint density at radius 3 is 2.74 bits per heavy atom. The van der Waals surface area contributed by atoms with Gasteiger partial charge in [-0.3, -0.25) is 4.79 Å². The summed E-state index contributed by atoms with van der Waals surface area (Å²) in [4.78, 5) is 11.4. The highest BCUT2D eigenvalue weighted by Crippen LogP contribution is 2.28. The molecule has 0 radical (unpaired) electrons. The van der Waals surface area contributed by atoms with Gasteiger partial charge in [-0.05, 0) is 42.7 Å². The van der Waals surface area contributed by atoms with Gasteiger partial charge in [0.2, 0.25) is 5.91 Å². The quantitative estimate of drug-likeness (QED) is 0.874. The van der Waals surface area contributed by atoms with E-state index in [4.69, 9.17) is 5.73 Å². The van der Waals surface area contributed by atoms with Gasteiger partial charge in [-0.2, -0.15) is 0 Å². The van der Waals surface area contributed by atoms with Crippen LogP contribution in [0.2, 0.25) is 0 Å². The fourth-order valence-electron chi connectivity index (χ4n) is 3.12. The number of carbonyl (C=O) groups excluding carboxylic acids is 1. The highest BCUT2D eigenvalue weighted by molar-refractivity contribution is 5.94. The van der Waals surface area contributed by atoms with Crippen LogP contribution in [0.1, 0.15) is 49.0 Å². The molecule has 2 rings (SSSR count). The maximum Gasteiger partial charge on any atom is 0.249 e. The number of nitrogens with one attached hydrogen (secondary N) is 1. The molecule has 3 heteroatoms. The minimum absolute atomic E-state index is 0.345. The van der Waals surface area contributed by atoms with Crippen LogP contribution in [0.25, 0.3) is 0 Å². The molecule has 1 aromatic rings. The smallest absolute Gasteiger partial charge is 0.249 e. The van der Waals surface area contributed by atoms with Crippen molar-refractivity contribution in [3.05, 3.63) is 35.4 Å². The van der Waals surface area contributed by atoms with Gasteiger partial charge in [0.15, 0.2) is 0 Å². The molecule has 0 aliphatic heterocycles. The molecule has 104 valence electrons. The first-order chi connectivity index (χ1) is 9.08. The molecule has 0 saturated heterocycles. The maximum atomic E-state index is 11.4. The molecule has 0 heterocycles. The number of nitrogens with two attached hydrogens (primary N) is 1. The highest BCUT2D eigenvalue weighted by atomic mass is 16.1. The van der Waals surface area contributed by atoms with Gasteiger partial charge >= 0.3 is 0 Å². The molecular formula is C16H24N2O. The molecule has 1 saturated carbocycles. The first kappa shape index (κ1) is 14.1. The van der Waals surface area contributed by atoms with Crippen LogP contribution < -0.4 is 11.1 Å². The number of carbonyl (C=O) groups is 1. The van der Waals surface area contributed by atoms with Gasteiger partial charge in [0, 0.05) is 18.2 Å². The topological polar surface area (TPSA) is 55.1 Å².